The van der Waals surface area contributed by atoms with E-state index in [0.29, 0.717) is 11.6 Å². The lowest BCUT2D eigenvalue weighted by Gasteiger charge is -2.15. The van der Waals surface area contributed by atoms with Gasteiger partial charge in [-0.3, -0.25) is 4.79 Å². The van der Waals surface area contributed by atoms with Gasteiger partial charge < -0.3 is 9.73 Å². The SMILES string of the molecule is Cc1ccc(C)c(NC(=O)C(C)Sc2nc(-c3ccco3)nc3ccccc23)c1. The number of benzene rings is 2. The number of furan rings is 1. The highest BCUT2D eigenvalue weighted by molar-refractivity contribution is 8.00. The lowest BCUT2D eigenvalue weighted by molar-refractivity contribution is -0.115. The number of nitrogens with one attached hydrogen (secondary N) is 1. The van der Waals surface area contributed by atoms with E-state index < -0.39 is 0 Å². The molecular weight excluding hydrogens is 382 g/mol. The molecule has 0 fully saturated rings. The van der Waals surface area contributed by atoms with Crippen LogP contribution in [0, 0.1) is 13.8 Å². The summed E-state index contributed by atoms with van der Waals surface area (Å²) in [6.07, 6.45) is 1.60. The molecule has 0 bridgehead atoms. The summed E-state index contributed by atoms with van der Waals surface area (Å²) in [7, 11) is 0. The van der Waals surface area contributed by atoms with Gasteiger partial charge in [-0.2, -0.15) is 0 Å². The summed E-state index contributed by atoms with van der Waals surface area (Å²) in [5.74, 6) is 1.05. The number of rotatable bonds is 5. The van der Waals surface area contributed by atoms with Crippen molar-refractivity contribution in [2.45, 2.75) is 31.0 Å². The Hall–Kier alpha value is -3.12. The summed E-state index contributed by atoms with van der Waals surface area (Å²) in [4.78, 5) is 22.1. The van der Waals surface area contributed by atoms with Crippen LogP contribution in [0.5, 0.6) is 0 Å². The maximum Gasteiger partial charge on any atom is 0.237 e. The van der Waals surface area contributed by atoms with Crippen molar-refractivity contribution in [1.82, 2.24) is 9.97 Å². The minimum Gasteiger partial charge on any atom is -0.461 e. The van der Waals surface area contributed by atoms with Gasteiger partial charge in [-0.05, 0) is 56.2 Å². The van der Waals surface area contributed by atoms with Crippen LogP contribution in [0.15, 0.2) is 70.3 Å². The number of amides is 1. The standard InChI is InChI=1S/C23H21N3O2S/c1-14-10-11-15(2)19(13-14)25-22(27)16(3)29-23-17-7-4-5-8-18(17)24-21(26-23)20-9-6-12-28-20/h4-13,16H,1-3H3,(H,25,27). The number of nitrogens with zero attached hydrogens (tertiary/aromatic N) is 2. The summed E-state index contributed by atoms with van der Waals surface area (Å²) in [6.45, 7) is 5.88. The molecule has 0 saturated heterocycles. The molecule has 1 unspecified atom stereocenters. The molecule has 2 heterocycles. The van der Waals surface area contributed by atoms with E-state index in [2.05, 4.69) is 15.3 Å². The zero-order valence-corrected chi connectivity index (χ0v) is 17.3. The van der Waals surface area contributed by atoms with Crippen molar-refractivity contribution in [2.75, 3.05) is 5.32 Å². The second-order valence-corrected chi connectivity index (χ2v) is 8.24. The number of carbonyl (C=O) groups is 1. The van der Waals surface area contributed by atoms with Crippen LogP contribution in [-0.2, 0) is 4.79 Å². The molecule has 146 valence electrons. The van der Waals surface area contributed by atoms with E-state index in [4.69, 9.17) is 4.42 Å². The first-order valence-corrected chi connectivity index (χ1v) is 10.2. The van der Waals surface area contributed by atoms with Gasteiger partial charge in [0.15, 0.2) is 11.6 Å². The number of aromatic nitrogens is 2. The Balaban J connectivity index is 1.62. The molecule has 0 aliphatic heterocycles. The van der Waals surface area contributed by atoms with Crippen LogP contribution in [0.4, 0.5) is 5.69 Å². The van der Waals surface area contributed by atoms with Gasteiger partial charge in [0.05, 0.1) is 17.0 Å². The molecule has 4 aromatic rings. The van der Waals surface area contributed by atoms with Crippen LogP contribution < -0.4 is 5.32 Å². The van der Waals surface area contributed by atoms with Crippen molar-refractivity contribution in [3.8, 4) is 11.6 Å². The van der Waals surface area contributed by atoms with Crippen LogP contribution >= 0.6 is 11.8 Å². The molecule has 29 heavy (non-hydrogen) atoms. The molecule has 1 N–H and O–H groups in total. The summed E-state index contributed by atoms with van der Waals surface area (Å²) >= 11 is 1.42. The highest BCUT2D eigenvalue weighted by atomic mass is 32.2. The third kappa shape index (κ3) is 4.17. The van der Waals surface area contributed by atoms with E-state index in [1.165, 1.54) is 11.8 Å². The van der Waals surface area contributed by atoms with E-state index in [-0.39, 0.29) is 11.2 Å². The van der Waals surface area contributed by atoms with Crippen molar-refractivity contribution in [3.05, 3.63) is 72.0 Å². The molecule has 6 heteroatoms. The van der Waals surface area contributed by atoms with E-state index in [1.807, 2.05) is 69.3 Å². The summed E-state index contributed by atoms with van der Waals surface area (Å²) in [6, 6.07) is 17.5. The zero-order valence-electron chi connectivity index (χ0n) is 16.5. The topological polar surface area (TPSA) is 68.0 Å². The summed E-state index contributed by atoms with van der Waals surface area (Å²) < 4.78 is 5.47. The van der Waals surface area contributed by atoms with Crippen molar-refractivity contribution in [2.24, 2.45) is 0 Å². The maximum atomic E-state index is 12.8. The molecule has 0 aliphatic rings. The second-order valence-electron chi connectivity index (χ2n) is 6.91. The fourth-order valence-electron chi connectivity index (χ4n) is 2.98. The third-order valence-corrected chi connectivity index (χ3v) is 5.72. The minimum atomic E-state index is -0.335. The Morgan fingerprint density at radius 2 is 1.90 bits per heavy atom. The number of hydrogen-bond donors (Lipinski definition) is 1. The fraction of sp³-hybridized carbons (Fsp3) is 0.174. The number of carbonyl (C=O) groups excluding carboxylic acids is 1. The minimum absolute atomic E-state index is 0.0639. The van der Waals surface area contributed by atoms with Crippen LogP contribution in [-0.4, -0.2) is 21.1 Å². The quantitative estimate of drug-likeness (QED) is 0.346. The predicted octanol–water partition coefficient (Wildman–Crippen LogP) is 5.63. The summed E-state index contributed by atoms with van der Waals surface area (Å²) in [5, 5.41) is 4.38. The molecule has 0 aliphatic carbocycles. The van der Waals surface area contributed by atoms with Gasteiger partial charge in [0, 0.05) is 11.1 Å². The van der Waals surface area contributed by atoms with E-state index >= 15 is 0 Å². The lowest BCUT2D eigenvalue weighted by Crippen LogP contribution is -2.23. The molecule has 1 atom stereocenters. The predicted molar refractivity (Wildman–Crippen MR) is 117 cm³/mol. The first kappa shape index (κ1) is 19.2. The average Bonchev–Trinajstić information content (AvgIpc) is 3.25. The number of fused-ring (bicyclic) bond motifs is 1. The Bertz CT molecular complexity index is 1170. The van der Waals surface area contributed by atoms with Gasteiger partial charge in [-0.15, -0.1) is 0 Å². The molecule has 0 spiro atoms. The van der Waals surface area contributed by atoms with Crippen molar-refractivity contribution >= 4 is 34.3 Å². The number of para-hydroxylation sites is 1. The number of anilines is 1. The maximum absolute atomic E-state index is 12.8. The van der Waals surface area contributed by atoms with Crippen LogP contribution in [0.25, 0.3) is 22.5 Å². The summed E-state index contributed by atoms with van der Waals surface area (Å²) in [5.41, 5.74) is 3.80. The second kappa shape index (κ2) is 8.09. The highest BCUT2D eigenvalue weighted by Crippen LogP contribution is 2.31. The van der Waals surface area contributed by atoms with Crippen molar-refractivity contribution in [1.29, 1.82) is 0 Å². The molecule has 0 radical (unpaired) electrons. The third-order valence-electron chi connectivity index (χ3n) is 4.62. The van der Waals surface area contributed by atoms with Gasteiger partial charge in [0.25, 0.3) is 0 Å². The average molecular weight is 404 g/mol. The smallest absolute Gasteiger partial charge is 0.237 e. The zero-order chi connectivity index (χ0) is 20.4. The van der Waals surface area contributed by atoms with E-state index in [9.17, 15) is 4.79 Å². The number of hydrogen-bond acceptors (Lipinski definition) is 5. The molecule has 2 aromatic heterocycles. The van der Waals surface area contributed by atoms with E-state index in [1.54, 1.807) is 12.3 Å². The van der Waals surface area contributed by atoms with E-state index in [0.717, 1.165) is 32.7 Å². The fourth-order valence-corrected chi connectivity index (χ4v) is 3.92. The lowest BCUT2D eigenvalue weighted by atomic mass is 10.1. The Labute approximate surface area is 173 Å². The van der Waals surface area contributed by atoms with Gasteiger partial charge in [-0.1, -0.05) is 42.1 Å². The Morgan fingerprint density at radius 3 is 2.69 bits per heavy atom. The normalized spacial score (nSPS) is 12.1. The number of aryl methyl sites for hydroxylation is 2. The first-order chi connectivity index (χ1) is 14.0. The van der Waals surface area contributed by atoms with Crippen molar-refractivity contribution in [3.63, 3.8) is 0 Å². The van der Waals surface area contributed by atoms with Gasteiger partial charge >= 0.3 is 0 Å². The largest absolute Gasteiger partial charge is 0.461 e. The Morgan fingerprint density at radius 1 is 1.07 bits per heavy atom. The number of thioether (sulfide) groups is 1. The molecular formula is C23H21N3O2S. The van der Waals surface area contributed by atoms with Crippen LogP contribution in [0.3, 0.4) is 0 Å². The van der Waals surface area contributed by atoms with Gasteiger partial charge in [0.1, 0.15) is 5.03 Å². The van der Waals surface area contributed by atoms with Gasteiger partial charge in [0.2, 0.25) is 5.91 Å². The monoisotopic (exact) mass is 403 g/mol. The molecule has 4 rings (SSSR count). The van der Waals surface area contributed by atoms with Crippen molar-refractivity contribution < 1.29 is 9.21 Å². The molecule has 1 amide bonds. The van der Waals surface area contributed by atoms with Crippen LogP contribution in [0.2, 0.25) is 0 Å². The Kier molecular flexibility index (Phi) is 5.36. The highest BCUT2D eigenvalue weighted by Gasteiger charge is 2.19. The molecule has 5 nitrogen and oxygen atoms in total. The van der Waals surface area contributed by atoms with Crippen LogP contribution in [0.1, 0.15) is 18.1 Å². The molecule has 0 saturated carbocycles. The van der Waals surface area contributed by atoms with Gasteiger partial charge in [-0.25, -0.2) is 9.97 Å². The first-order valence-electron chi connectivity index (χ1n) is 9.36. The molecule has 2 aromatic carbocycles.